The summed E-state index contributed by atoms with van der Waals surface area (Å²) in [6.45, 7) is 11.9. The van der Waals surface area contributed by atoms with Crippen molar-refractivity contribution in [2.75, 3.05) is 36.0 Å². The number of imide groups is 1. The molecule has 1 aromatic heterocycles. The lowest BCUT2D eigenvalue weighted by Gasteiger charge is -2.32. The molecule has 2 heterocycles. The lowest BCUT2D eigenvalue weighted by molar-refractivity contribution is -0.138. The zero-order chi connectivity index (χ0) is 29.7. The lowest BCUT2D eigenvalue weighted by Crippen LogP contribution is -2.46. The first-order valence-electron chi connectivity index (χ1n) is 13.7. The molecule has 0 saturated heterocycles. The van der Waals surface area contributed by atoms with Crippen LogP contribution in [-0.4, -0.2) is 77.8 Å². The largest absolute Gasteiger partial charge is 0.473 e. The van der Waals surface area contributed by atoms with Crippen molar-refractivity contribution in [1.29, 1.82) is 0 Å². The molecule has 2 N–H and O–H groups in total. The molecule has 0 bridgehead atoms. The van der Waals surface area contributed by atoms with Crippen LogP contribution in [0.5, 0.6) is 5.88 Å². The second-order valence-corrected chi connectivity index (χ2v) is 11.9. The molecule has 1 saturated carbocycles. The van der Waals surface area contributed by atoms with Gasteiger partial charge in [-0.1, -0.05) is 6.42 Å². The van der Waals surface area contributed by atoms with Crippen LogP contribution < -0.4 is 20.3 Å². The van der Waals surface area contributed by atoms with Crippen LogP contribution >= 0.6 is 0 Å². The van der Waals surface area contributed by atoms with Crippen LogP contribution in [0.25, 0.3) is 0 Å². The second kappa shape index (κ2) is 13.0. The molecule has 3 rings (SSSR count). The van der Waals surface area contributed by atoms with Crippen molar-refractivity contribution in [3.05, 3.63) is 0 Å². The van der Waals surface area contributed by atoms with Gasteiger partial charge in [0.25, 0.3) is 0 Å². The van der Waals surface area contributed by atoms with Crippen molar-refractivity contribution in [1.82, 2.24) is 9.97 Å². The summed E-state index contributed by atoms with van der Waals surface area (Å²) in [6, 6.07) is -0.671. The van der Waals surface area contributed by atoms with Gasteiger partial charge in [-0.3, -0.25) is 4.79 Å². The Bertz CT molecular complexity index is 1030. The highest BCUT2D eigenvalue weighted by Crippen LogP contribution is 2.37. The van der Waals surface area contributed by atoms with Crippen LogP contribution in [-0.2, 0) is 23.7 Å². The number of amides is 2. The number of ether oxygens (including phenoxy) is 5. The average Bonchev–Trinajstić information content (AvgIpc) is 2.85. The molecule has 0 spiro atoms. The summed E-state index contributed by atoms with van der Waals surface area (Å²) in [5, 5.41) is 6.30. The highest BCUT2D eigenvalue weighted by atomic mass is 16.7. The molecular weight excluding hydrogens is 522 g/mol. The van der Waals surface area contributed by atoms with E-state index in [2.05, 4.69) is 20.6 Å². The van der Waals surface area contributed by atoms with Gasteiger partial charge in [0.15, 0.2) is 11.6 Å². The number of Topliss-reactive ketones (excluding diaryl/α,β-unsaturated/α-hetero) is 1. The third-order valence-electron chi connectivity index (χ3n) is 6.02. The van der Waals surface area contributed by atoms with E-state index in [0.717, 1.165) is 32.1 Å². The predicted molar refractivity (Wildman–Crippen MR) is 148 cm³/mol. The van der Waals surface area contributed by atoms with Crippen molar-refractivity contribution in [3.63, 3.8) is 0 Å². The summed E-state index contributed by atoms with van der Waals surface area (Å²) in [5.74, 6) is -0.0992. The molecule has 1 fully saturated rings. The number of nitrogens with zero attached hydrogens (tertiary/aromatic N) is 3. The number of carbonyl (C=O) groups is 3. The Kier molecular flexibility index (Phi) is 10.2. The molecule has 1 aliphatic heterocycles. The van der Waals surface area contributed by atoms with Crippen molar-refractivity contribution in [2.24, 2.45) is 0 Å². The van der Waals surface area contributed by atoms with Gasteiger partial charge in [-0.2, -0.15) is 9.97 Å². The number of carbonyl (C=O) groups excluding carboxylic acids is 3. The summed E-state index contributed by atoms with van der Waals surface area (Å²) in [6.07, 6.45) is 1.95. The Balaban J connectivity index is 2.02. The average molecular weight is 566 g/mol. The van der Waals surface area contributed by atoms with E-state index >= 15 is 0 Å². The lowest BCUT2D eigenvalue weighted by atomic mass is 9.98. The molecule has 13 heteroatoms. The minimum absolute atomic E-state index is 0.0165. The van der Waals surface area contributed by atoms with Crippen LogP contribution in [0, 0.1) is 0 Å². The Morgan fingerprint density at radius 1 is 0.975 bits per heavy atom. The fraction of sp³-hybridized carbons (Fsp3) is 0.741. The van der Waals surface area contributed by atoms with Gasteiger partial charge >= 0.3 is 12.2 Å². The van der Waals surface area contributed by atoms with Crippen LogP contribution in [0.2, 0.25) is 0 Å². The zero-order valence-electron chi connectivity index (χ0n) is 24.8. The smallest absolute Gasteiger partial charge is 0.427 e. The maximum Gasteiger partial charge on any atom is 0.427 e. The van der Waals surface area contributed by atoms with E-state index < -0.39 is 35.5 Å². The monoisotopic (exact) mass is 565 g/mol. The van der Waals surface area contributed by atoms with E-state index in [0.29, 0.717) is 10.6 Å². The quantitative estimate of drug-likeness (QED) is 0.422. The van der Waals surface area contributed by atoms with Crippen LogP contribution in [0.3, 0.4) is 0 Å². The van der Waals surface area contributed by atoms with Crippen molar-refractivity contribution < 1.29 is 38.1 Å². The number of ketones is 1. The number of methoxy groups -OCH3 is 1. The summed E-state index contributed by atoms with van der Waals surface area (Å²) < 4.78 is 27.6. The van der Waals surface area contributed by atoms with Crippen molar-refractivity contribution in [2.45, 2.75) is 110 Å². The molecule has 40 heavy (non-hydrogen) atoms. The van der Waals surface area contributed by atoms with E-state index in [1.54, 1.807) is 48.5 Å². The number of hydrogen-bond donors (Lipinski definition) is 2. The highest BCUT2D eigenvalue weighted by Gasteiger charge is 2.38. The molecule has 0 radical (unpaired) electrons. The fourth-order valence-electron chi connectivity index (χ4n) is 4.20. The molecule has 2 atom stereocenters. The summed E-state index contributed by atoms with van der Waals surface area (Å²) >= 11 is 0. The number of aromatic nitrogens is 2. The molecule has 13 nitrogen and oxygen atoms in total. The first-order chi connectivity index (χ1) is 18.7. The van der Waals surface area contributed by atoms with Gasteiger partial charge in [0.1, 0.15) is 41.9 Å². The van der Waals surface area contributed by atoms with Gasteiger partial charge < -0.3 is 34.3 Å². The van der Waals surface area contributed by atoms with Crippen molar-refractivity contribution in [3.8, 4) is 5.88 Å². The van der Waals surface area contributed by atoms with E-state index in [4.69, 9.17) is 23.7 Å². The predicted octanol–water partition coefficient (Wildman–Crippen LogP) is 4.65. The Labute approximate surface area is 235 Å². The second-order valence-electron chi connectivity index (χ2n) is 11.9. The molecule has 2 aliphatic rings. The first kappa shape index (κ1) is 31.3. The molecular formula is C27H43N5O8. The maximum absolute atomic E-state index is 13.2. The fourth-order valence-corrected chi connectivity index (χ4v) is 4.20. The first-order valence-corrected chi connectivity index (χ1v) is 13.7. The topological polar surface area (TPSA) is 150 Å². The van der Waals surface area contributed by atoms with Gasteiger partial charge in [-0.15, -0.1) is 4.90 Å². The molecule has 2 amide bonds. The number of nitrogens with one attached hydrogen (secondary N) is 2. The number of hydrogen-bond acceptors (Lipinski definition) is 12. The van der Waals surface area contributed by atoms with Gasteiger partial charge in [-0.05, 0) is 74.1 Å². The number of fused-ring (bicyclic) bond motifs is 1. The molecule has 1 aromatic rings. The van der Waals surface area contributed by atoms with Gasteiger partial charge in [0, 0.05) is 13.7 Å². The minimum atomic E-state index is -0.994. The third-order valence-corrected chi connectivity index (χ3v) is 6.02. The van der Waals surface area contributed by atoms with E-state index in [9.17, 15) is 14.4 Å². The zero-order valence-corrected chi connectivity index (χ0v) is 24.8. The van der Waals surface area contributed by atoms with E-state index in [-0.39, 0.29) is 42.9 Å². The number of rotatable bonds is 8. The van der Waals surface area contributed by atoms with Crippen molar-refractivity contribution >= 4 is 35.4 Å². The molecule has 1 aliphatic carbocycles. The summed E-state index contributed by atoms with van der Waals surface area (Å²) in [7, 11) is 1.48. The summed E-state index contributed by atoms with van der Waals surface area (Å²) in [4.78, 5) is 49.1. The van der Waals surface area contributed by atoms with Gasteiger partial charge in [0.2, 0.25) is 11.8 Å². The SMILES string of the molecule is COCO[C@@H](C)C(=O)[C@@H]1CNc2nc(N(C(=O)OC(C)(C)C)C(=O)OC(C)(C)C)nc(OC3CCCCC3)c2N1. The maximum atomic E-state index is 13.2. The Hall–Kier alpha value is -3.19. The molecule has 0 aromatic carbocycles. The Morgan fingerprint density at radius 2 is 1.57 bits per heavy atom. The standard InChI is InChI=1S/C27H43N5O8/c1-16(37-15-36-8)20(33)18-14-28-21-19(29-18)22(38-17-12-10-9-11-13-17)31-23(30-21)32(24(34)39-26(2,3)4)25(35)40-27(5,6)7/h16-18,29H,9-15H2,1-8H3,(H,28,30,31)/t16-,18-/m0/s1. The highest BCUT2D eigenvalue weighted by molar-refractivity contribution is 6.08. The van der Waals surface area contributed by atoms with Gasteiger partial charge in [0.05, 0.1) is 0 Å². The summed E-state index contributed by atoms with van der Waals surface area (Å²) in [5.41, 5.74) is -1.45. The molecule has 224 valence electrons. The van der Waals surface area contributed by atoms with Crippen LogP contribution in [0.15, 0.2) is 0 Å². The van der Waals surface area contributed by atoms with E-state index in [1.807, 2.05) is 0 Å². The Morgan fingerprint density at radius 3 is 2.12 bits per heavy atom. The number of anilines is 3. The normalized spacial score (nSPS) is 18.4. The molecule has 0 unspecified atom stereocenters. The van der Waals surface area contributed by atoms with Gasteiger partial charge in [-0.25, -0.2) is 9.59 Å². The third kappa shape index (κ3) is 8.65. The van der Waals surface area contributed by atoms with Crippen LogP contribution in [0.4, 0.5) is 27.0 Å². The van der Waals surface area contributed by atoms with Crippen LogP contribution in [0.1, 0.15) is 80.6 Å². The van der Waals surface area contributed by atoms with E-state index in [1.165, 1.54) is 7.11 Å². The minimum Gasteiger partial charge on any atom is -0.473 e.